The molecule has 0 aromatic carbocycles. The largest absolute Gasteiger partial charge is 0.450 e. The fourth-order valence-corrected chi connectivity index (χ4v) is 0.969. The van der Waals surface area contributed by atoms with Gasteiger partial charge in [0.2, 0.25) is 0 Å². The Morgan fingerprint density at radius 1 is 1.38 bits per heavy atom. The molecule has 0 aliphatic carbocycles. The van der Waals surface area contributed by atoms with E-state index in [-0.39, 0.29) is 6.09 Å². The summed E-state index contributed by atoms with van der Waals surface area (Å²) < 4.78 is 4.88. The number of unbranched alkanes of at least 4 members (excludes halogenated alkanes) is 2. The van der Waals surface area contributed by atoms with Crippen LogP contribution in [0, 0.1) is 0 Å². The molecule has 0 aromatic heterocycles. The maximum Gasteiger partial charge on any atom is 0.407 e. The Labute approximate surface area is 84.8 Å². The summed E-state index contributed by atoms with van der Waals surface area (Å²) in [5.74, 6) is 0.626. The van der Waals surface area contributed by atoms with Gasteiger partial charge in [-0.1, -0.05) is 13.3 Å². The standard InChI is InChI=1S/C9H18ClNO2/c1-2-3-7-11-9(12)13-8-5-4-6-10/h2-8H2,1H3,(H,11,12). The molecule has 0 aliphatic rings. The maximum atomic E-state index is 10.9. The van der Waals surface area contributed by atoms with E-state index >= 15 is 0 Å². The van der Waals surface area contributed by atoms with Gasteiger partial charge in [0.05, 0.1) is 6.61 Å². The Bertz CT molecular complexity index is 131. The van der Waals surface area contributed by atoms with Crippen molar-refractivity contribution in [3.05, 3.63) is 0 Å². The number of carbonyl (C=O) groups is 1. The second kappa shape index (κ2) is 9.65. The van der Waals surface area contributed by atoms with Gasteiger partial charge in [0.25, 0.3) is 0 Å². The fourth-order valence-electron chi connectivity index (χ4n) is 0.780. The predicted octanol–water partition coefficient (Wildman–Crippen LogP) is 2.53. The average Bonchev–Trinajstić information content (AvgIpc) is 2.13. The van der Waals surface area contributed by atoms with Crippen molar-refractivity contribution in [3.63, 3.8) is 0 Å². The molecule has 0 saturated heterocycles. The number of carbonyl (C=O) groups excluding carboxylic acids is 1. The number of hydrogen-bond acceptors (Lipinski definition) is 2. The maximum absolute atomic E-state index is 10.9. The van der Waals surface area contributed by atoms with Crippen LogP contribution in [0.1, 0.15) is 32.6 Å². The molecule has 78 valence electrons. The molecule has 0 bridgehead atoms. The first-order valence-corrected chi connectivity index (χ1v) is 5.31. The van der Waals surface area contributed by atoms with Crippen molar-refractivity contribution in [1.82, 2.24) is 5.32 Å². The molecule has 0 atom stereocenters. The first-order valence-electron chi connectivity index (χ1n) is 4.77. The third-order valence-corrected chi connectivity index (χ3v) is 1.83. The highest BCUT2D eigenvalue weighted by Gasteiger charge is 1.98. The molecule has 0 saturated carbocycles. The van der Waals surface area contributed by atoms with E-state index in [1.165, 1.54) is 0 Å². The molecule has 0 spiro atoms. The molecule has 0 unspecified atom stereocenters. The van der Waals surface area contributed by atoms with Gasteiger partial charge in [0.15, 0.2) is 0 Å². The van der Waals surface area contributed by atoms with Crippen molar-refractivity contribution in [2.75, 3.05) is 19.0 Å². The normalized spacial score (nSPS) is 9.69. The molecular weight excluding hydrogens is 190 g/mol. The summed E-state index contributed by atoms with van der Waals surface area (Å²) in [5.41, 5.74) is 0. The zero-order chi connectivity index (χ0) is 9.94. The monoisotopic (exact) mass is 207 g/mol. The first kappa shape index (κ1) is 12.6. The van der Waals surface area contributed by atoms with Crippen LogP contribution in [-0.4, -0.2) is 25.1 Å². The number of amides is 1. The molecule has 0 aromatic rings. The molecule has 1 N–H and O–H groups in total. The van der Waals surface area contributed by atoms with Crippen molar-refractivity contribution < 1.29 is 9.53 Å². The van der Waals surface area contributed by atoms with Gasteiger partial charge in [-0.3, -0.25) is 0 Å². The third kappa shape index (κ3) is 9.47. The molecule has 4 heteroatoms. The molecule has 0 rings (SSSR count). The lowest BCUT2D eigenvalue weighted by atomic mass is 10.3. The molecule has 0 fully saturated rings. The molecule has 1 amide bonds. The minimum Gasteiger partial charge on any atom is -0.450 e. The van der Waals surface area contributed by atoms with Gasteiger partial charge in [-0.15, -0.1) is 11.6 Å². The Kier molecular flexibility index (Phi) is 9.32. The van der Waals surface area contributed by atoms with Crippen molar-refractivity contribution in [1.29, 1.82) is 0 Å². The van der Waals surface area contributed by atoms with E-state index in [0.29, 0.717) is 19.0 Å². The van der Waals surface area contributed by atoms with E-state index in [9.17, 15) is 4.79 Å². The first-order chi connectivity index (χ1) is 6.31. The minimum atomic E-state index is -0.317. The van der Waals surface area contributed by atoms with Crippen molar-refractivity contribution in [2.24, 2.45) is 0 Å². The second-order valence-corrected chi connectivity index (χ2v) is 3.19. The Balaban J connectivity index is 3.11. The number of hydrogen-bond donors (Lipinski definition) is 1. The van der Waals surface area contributed by atoms with Gasteiger partial charge in [-0.05, 0) is 19.3 Å². The van der Waals surface area contributed by atoms with Crippen molar-refractivity contribution in [2.45, 2.75) is 32.6 Å². The lowest BCUT2D eigenvalue weighted by Crippen LogP contribution is -2.25. The van der Waals surface area contributed by atoms with Gasteiger partial charge < -0.3 is 10.1 Å². The molecule has 0 radical (unpaired) electrons. The number of ether oxygens (including phenoxy) is 1. The van der Waals surface area contributed by atoms with Crippen LogP contribution in [0.4, 0.5) is 4.79 Å². The highest BCUT2D eigenvalue weighted by molar-refractivity contribution is 6.17. The quantitative estimate of drug-likeness (QED) is 0.515. The van der Waals surface area contributed by atoms with Crippen LogP contribution < -0.4 is 5.32 Å². The summed E-state index contributed by atoms with van der Waals surface area (Å²) in [7, 11) is 0. The summed E-state index contributed by atoms with van der Waals surface area (Å²) in [6.07, 6.45) is 3.49. The highest BCUT2D eigenvalue weighted by atomic mass is 35.5. The smallest absolute Gasteiger partial charge is 0.407 e. The molecule has 0 aliphatic heterocycles. The fraction of sp³-hybridized carbons (Fsp3) is 0.889. The second-order valence-electron chi connectivity index (χ2n) is 2.81. The molecule has 3 nitrogen and oxygen atoms in total. The number of alkyl carbamates (subject to hydrolysis) is 1. The van der Waals surface area contributed by atoms with Gasteiger partial charge in [-0.25, -0.2) is 4.79 Å². The predicted molar refractivity (Wildman–Crippen MR) is 54.2 cm³/mol. The van der Waals surface area contributed by atoms with E-state index in [2.05, 4.69) is 12.2 Å². The van der Waals surface area contributed by atoms with E-state index in [1.54, 1.807) is 0 Å². The van der Waals surface area contributed by atoms with Crippen molar-refractivity contribution in [3.8, 4) is 0 Å². The van der Waals surface area contributed by atoms with E-state index in [0.717, 1.165) is 25.7 Å². The van der Waals surface area contributed by atoms with E-state index < -0.39 is 0 Å². The van der Waals surface area contributed by atoms with Crippen LogP contribution in [0.2, 0.25) is 0 Å². The number of halogens is 1. The highest BCUT2D eigenvalue weighted by Crippen LogP contribution is 1.92. The lowest BCUT2D eigenvalue weighted by molar-refractivity contribution is 0.144. The summed E-state index contributed by atoms with van der Waals surface area (Å²) in [4.78, 5) is 10.9. The topological polar surface area (TPSA) is 38.3 Å². The van der Waals surface area contributed by atoms with Gasteiger partial charge in [-0.2, -0.15) is 0 Å². The third-order valence-electron chi connectivity index (χ3n) is 1.56. The molecule has 0 heterocycles. The Hall–Kier alpha value is -0.440. The summed E-state index contributed by atoms with van der Waals surface area (Å²) in [5, 5.41) is 2.67. The average molecular weight is 208 g/mol. The van der Waals surface area contributed by atoms with Crippen LogP contribution in [0.3, 0.4) is 0 Å². The van der Waals surface area contributed by atoms with Gasteiger partial charge in [0, 0.05) is 12.4 Å². The number of rotatable bonds is 7. The number of nitrogens with one attached hydrogen (secondary N) is 1. The van der Waals surface area contributed by atoms with Gasteiger partial charge in [0.1, 0.15) is 0 Å². The molecule has 13 heavy (non-hydrogen) atoms. The van der Waals surface area contributed by atoms with Crippen LogP contribution in [0.5, 0.6) is 0 Å². The Morgan fingerprint density at radius 2 is 2.15 bits per heavy atom. The van der Waals surface area contributed by atoms with Crippen LogP contribution in [-0.2, 0) is 4.74 Å². The van der Waals surface area contributed by atoms with Crippen molar-refractivity contribution >= 4 is 17.7 Å². The van der Waals surface area contributed by atoms with Crippen LogP contribution in [0.25, 0.3) is 0 Å². The van der Waals surface area contributed by atoms with E-state index in [1.807, 2.05) is 0 Å². The SMILES string of the molecule is CCCCNC(=O)OCCCCCl. The Morgan fingerprint density at radius 3 is 2.77 bits per heavy atom. The van der Waals surface area contributed by atoms with Gasteiger partial charge >= 0.3 is 6.09 Å². The minimum absolute atomic E-state index is 0.317. The summed E-state index contributed by atoms with van der Waals surface area (Å²) in [6.45, 7) is 3.24. The summed E-state index contributed by atoms with van der Waals surface area (Å²) in [6, 6.07) is 0. The zero-order valence-corrected chi connectivity index (χ0v) is 8.90. The van der Waals surface area contributed by atoms with Crippen LogP contribution in [0.15, 0.2) is 0 Å². The zero-order valence-electron chi connectivity index (χ0n) is 8.14. The lowest BCUT2D eigenvalue weighted by Gasteiger charge is -2.05. The van der Waals surface area contributed by atoms with E-state index in [4.69, 9.17) is 16.3 Å². The number of alkyl halides is 1. The van der Waals surface area contributed by atoms with Crippen LogP contribution >= 0.6 is 11.6 Å². The summed E-state index contributed by atoms with van der Waals surface area (Å²) >= 11 is 5.46. The molecular formula is C9H18ClNO2.